The first-order valence-electron chi connectivity index (χ1n) is 5.85. The lowest BCUT2D eigenvalue weighted by atomic mass is 10.1. The Kier molecular flexibility index (Phi) is 3.78. The Balaban J connectivity index is 1.68. The van der Waals surface area contributed by atoms with Crippen molar-refractivity contribution in [2.45, 2.75) is 17.7 Å². The summed E-state index contributed by atoms with van der Waals surface area (Å²) in [5.41, 5.74) is -0.735. The number of nitrogens with one attached hydrogen (secondary N) is 2. The van der Waals surface area contributed by atoms with Gasteiger partial charge in [0.25, 0.3) is 5.91 Å². The van der Waals surface area contributed by atoms with E-state index in [1.165, 1.54) is 6.26 Å². The highest BCUT2D eigenvalue weighted by Crippen LogP contribution is 2.63. The van der Waals surface area contributed by atoms with Gasteiger partial charge >= 0.3 is 0 Å². The first-order valence-corrected chi connectivity index (χ1v) is 6.60. The van der Waals surface area contributed by atoms with Gasteiger partial charge in [-0.25, -0.2) is 0 Å². The molecule has 2 amide bonds. The van der Waals surface area contributed by atoms with Crippen molar-refractivity contribution in [3.63, 3.8) is 0 Å². The van der Waals surface area contributed by atoms with Gasteiger partial charge in [-0.15, -0.1) is 23.2 Å². The largest absolute Gasteiger partial charge is 0.459 e. The molecule has 1 heterocycles. The molecule has 5 nitrogen and oxygen atoms in total. The number of carbonyl (C=O) groups is 2. The normalized spacial score (nSPS) is 23.7. The van der Waals surface area contributed by atoms with Gasteiger partial charge in [-0.1, -0.05) is 0 Å². The highest BCUT2D eigenvalue weighted by Gasteiger charge is 2.67. The van der Waals surface area contributed by atoms with Crippen molar-refractivity contribution in [3.8, 4) is 0 Å². The molecule has 19 heavy (non-hydrogen) atoms. The van der Waals surface area contributed by atoms with E-state index in [4.69, 9.17) is 27.6 Å². The summed E-state index contributed by atoms with van der Waals surface area (Å²) in [6.45, 7) is 2.33. The van der Waals surface area contributed by atoms with Gasteiger partial charge in [0.1, 0.15) is 4.33 Å². The smallest absolute Gasteiger partial charge is 0.287 e. The number of hydrogen-bond acceptors (Lipinski definition) is 3. The lowest BCUT2D eigenvalue weighted by Crippen LogP contribution is -2.38. The summed E-state index contributed by atoms with van der Waals surface area (Å²) < 4.78 is 3.95. The van der Waals surface area contributed by atoms with Crippen molar-refractivity contribution < 1.29 is 14.0 Å². The summed E-state index contributed by atoms with van der Waals surface area (Å²) in [5.74, 6) is -0.285. The molecule has 1 aromatic rings. The molecule has 0 radical (unpaired) electrons. The summed E-state index contributed by atoms with van der Waals surface area (Å²) in [6, 6.07) is 3.19. The van der Waals surface area contributed by atoms with Crippen LogP contribution in [0.4, 0.5) is 0 Å². The number of amides is 2. The van der Waals surface area contributed by atoms with E-state index in [0.717, 1.165) is 0 Å². The molecule has 1 atom stereocenters. The maximum Gasteiger partial charge on any atom is 0.287 e. The molecule has 0 spiro atoms. The molecule has 1 aliphatic rings. The molecular formula is C12H14Cl2N2O3. The third-order valence-corrected chi connectivity index (χ3v) is 4.30. The molecule has 7 heteroatoms. The van der Waals surface area contributed by atoms with Crippen molar-refractivity contribution in [1.82, 2.24) is 10.6 Å². The summed E-state index contributed by atoms with van der Waals surface area (Å²) >= 11 is 11.8. The minimum Gasteiger partial charge on any atom is -0.459 e. The van der Waals surface area contributed by atoms with E-state index < -0.39 is 9.75 Å². The highest BCUT2D eigenvalue weighted by molar-refractivity contribution is 6.53. The van der Waals surface area contributed by atoms with Crippen molar-refractivity contribution in [1.29, 1.82) is 0 Å². The van der Waals surface area contributed by atoms with Crippen LogP contribution in [0.25, 0.3) is 0 Å². The van der Waals surface area contributed by atoms with Gasteiger partial charge in [0.2, 0.25) is 5.91 Å². The van der Waals surface area contributed by atoms with Gasteiger partial charge in [-0.2, -0.15) is 0 Å². The molecule has 0 bridgehead atoms. The second-order valence-corrected chi connectivity index (χ2v) is 6.19. The van der Waals surface area contributed by atoms with E-state index in [9.17, 15) is 9.59 Å². The molecule has 1 aromatic heterocycles. The van der Waals surface area contributed by atoms with Crippen molar-refractivity contribution >= 4 is 35.0 Å². The topological polar surface area (TPSA) is 71.3 Å². The molecule has 1 saturated carbocycles. The molecule has 0 aromatic carbocycles. The van der Waals surface area contributed by atoms with Crippen LogP contribution in [-0.4, -0.2) is 29.2 Å². The maximum absolute atomic E-state index is 11.8. The number of hydrogen-bond donors (Lipinski definition) is 2. The second kappa shape index (κ2) is 5.06. The summed E-state index contributed by atoms with van der Waals surface area (Å²) in [6.07, 6.45) is 1.86. The van der Waals surface area contributed by atoms with E-state index in [-0.39, 0.29) is 17.6 Å². The van der Waals surface area contributed by atoms with Crippen LogP contribution in [0, 0.1) is 5.41 Å². The predicted octanol–water partition coefficient (Wildman–Crippen LogP) is 1.71. The number of halogens is 2. The van der Waals surface area contributed by atoms with Crippen molar-refractivity contribution in [3.05, 3.63) is 24.2 Å². The van der Waals surface area contributed by atoms with E-state index in [1.54, 1.807) is 19.1 Å². The van der Waals surface area contributed by atoms with Gasteiger partial charge in [0.05, 0.1) is 11.7 Å². The van der Waals surface area contributed by atoms with Crippen molar-refractivity contribution in [2.75, 3.05) is 13.1 Å². The molecule has 2 rings (SSSR count). The lowest BCUT2D eigenvalue weighted by Gasteiger charge is -2.12. The Morgan fingerprint density at radius 2 is 2.00 bits per heavy atom. The number of carbonyl (C=O) groups excluding carboxylic acids is 2. The van der Waals surface area contributed by atoms with Crippen LogP contribution in [0.1, 0.15) is 23.9 Å². The lowest BCUT2D eigenvalue weighted by molar-refractivity contribution is -0.125. The first kappa shape index (κ1) is 14.2. The molecule has 2 N–H and O–H groups in total. The molecule has 1 aliphatic carbocycles. The van der Waals surface area contributed by atoms with Crippen LogP contribution >= 0.6 is 23.2 Å². The molecule has 1 unspecified atom stereocenters. The fourth-order valence-electron chi connectivity index (χ4n) is 1.69. The fourth-order valence-corrected chi connectivity index (χ4v) is 2.39. The molecular weight excluding hydrogens is 291 g/mol. The highest BCUT2D eigenvalue weighted by atomic mass is 35.5. The molecule has 0 saturated heterocycles. The summed E-state index contributed by atoms with van der Waals surface area (Å²) in [7, 11) is 0. The monoisotopic (exact) mass is 304 g/mol. The third-order valence-electron chi connectivity index (χ3n) is 3.20. The van der Waals surface area contributed by atoms with Gasteiger partial charge in [0.15, 0.2) is 5.76 Å². The first-order chi connectivity index (χ1) is 8.87. The van der Waals surface area contributed by atoms with Crippen LogP contribution in [0.2, 0.25) is 0 Å². The van der Waals surface area contributed by atoms with Crippen LogP contribution in [0.3, 0.4) is 0 Å². The standard InChI is InChI=1S/C12H14Cl2N2O3/c1-11(7-12(11,13)14)10(18)16-5-4-15-9(17)8-3-2-6-19-8/h2-3,6H,4-5,7H2,1H3,(H,15,17)(H,16,18). The van der Waals surface area contributed by atoms with Crippen LogP contribution in [0.15, 0.2) is 22.8 Å². The third kappa shape index (κ3) is 2.87. The zero-order chi connectivity index (χ0) is 14.1. The Morgan fingerprint density at radius 3 is 2.53 bits per heavy atom. The zero-order valence-corrected chi connectivity index (χ0v) is 11.8. The van der Waals surface area contributed by atoms with Gasteiger partial charge < -0.3 is 15.1 Å². The average Bonchev–Trinajstić information content (AvgIpc) is 2.75. The van der Waals surface area contributed by atoms with Crippen LogP contribution in [-0.2, 0) is 4.79 Å². The Bertz CT molecular complexity index is 487. The van der Waals surface area contributed by atoms with E-state index in [0.29, 0.717) is 19.5 Å². The van der Waals surface area contributed by atoms with Crippen molar-refractivity contribution in [2.24, 2.45) is 5.41 Å². The van der Waals surface area contributed by atoms with E-state index in [2.05, 4.69) is 10.6 Å². The minimum absolute atomic E-state index is 0.204. The molecule has 1 fully saturated rings. The van der Waals surface area contributed by atoms with Crippen LogP contribution < -0.4 is 10.6 Å². The predicted molar refractivity (Wildman–Crippen MR) is 71.2 cm³/mol. The minimum atomic E-state index is -0.978. The summed E-state index contributed by atoms with van der Waals surface area (Å²) in [5, 5.41) is 5.31. The van der Waals surface area contributed by atoms with Gasteiger partial charge in [-0.05, 0) is 25.5 Å². The van der Waals surface area contributed by atoms with E-state index >= 15 is 0 Å². The number of rotatable bonds is 5. The Hall–Kier alpha value is -1.20. The van der Waals surface area contributed by atoms with Gasteiger partial charge in [-0.3, -0.25) is 9.59 Å². The van der Waals surface area contributed by atoms with E-state index in [1.807, 2.05) is 0 Å². The fraction of sp³-hybridized carbons (Fsp3) is 0.500. The molecule has 0 aliphatic heterocycles. The summed E-state index contributed by atoms with van der Waals surface area (Å²) in [4.78, 5) is 23.3. The Morgan fingerprint density at radius 1 is 1.37 bits per heavy atom. The van der Waals surface area contributed by atoms with Gasteiger partial charge in [0, 0.05) is 13.1 Å². The SMILES string of the molecule is CC1(C(=O)NCCNC(=O)c2ccco2)CC1(Cl)Cl. The second-order valence-electron chi connectivity index (χ2n) is 4.70. The number of alkyl halides is 2. The number of furan rings is 1. The zero-order valence-electron chi connectivity index (χ0n) is 10.3. The maximum atomic E-state index is 11.8. The quantitative estimate of drug-likeness (QED) is 0.642. The van der Waals surface area contributed by atoms with Crippen LogP contribution in [0.5, 0.6) is 0 Å². The average molecular weight is 305 g/mol. The molecule has 104 valence electrons. The Labute approximate surface area is 120 Å².